The lowest BCUT2D eigenvalue weighted by atomic mass is 10.1. The highest BCUT2D eigenvalue weighted by molar-refractivity contribution is 9.10. The van der Waals surface area contributed by atoms with Crippen LogP contribution in [0.3, 0.4) is 0 Å². The van der Waals surface area contributed by atoms with Crippen molar-refractivity contribution in [2.45, 2.75) is 6.54 Å². The van der Waals surface area contributed by atoms with Gasteiger partial charge < -0.3 is 10.1 Å². The molecule has 0 spiro atoms. The molecule has 102 valence electrons. The number of anilines is 1. The Hall–Kier alpha value is -1.70. The second-order valence-electron chi connectivity index (χ2n) is 4.12. The molecule has 0 fully saturated rings. The van der Waals surface area contributed by atoms with Crippen LogP contribution in [0.25, 0.3) is 0 Å². The first-order valence-corrected chi connectivity index (χ1v) is 7.07. The molecule has 0 radical (unpaired) electrons. The van der Waals surface area contributed by atoms with Gasteiger partial charge in [-0.25, -0.2) is 0 Å². The average Bonchev–Trinajstić information content (AvgIpc) is 2.47. The van der Waals surface area contributed by atoms with Crippen LogP contribution in [-0.2, 0) is 6.54 Å². The SMILES string of the molecule is COc1ccc(CNc2cc(Cl)ccc2Br)cc1C#N. The number of ether oxygens (including phenoxy) is 1. The number of halogens is 2. The van der Waals surface area contributed by atoms with Crippen molar-refractivity contribution in [3.05, 3.63) is 57.0 Å². The highest BCUT2D eigenvalue weighted by Gasteiger charge is 2.05. The lowest BCUT2D eigenvalue weighted by Crippen LogP contribution is -2.01. The fourth-order valence-corrected chi connectivity index (χ4v) is 2.34. The van der Waals surface area contributed by atoms with Crippen LogP contribution in [0.5, 0.6) is 5.75 Å². The molecule has 0 aliphatic heterocycles. The summed E-state index contributed by atoms with van der Waals surface area (Å²) < 4.78 is 6.06. The Labute approximate surface area is 131 Å². The Balaban J connectivity index is 2.15. The molecular formula is C15H12BrClN2O. The van der Waals surface area contributed by atoms with Gasteiger partial charge in [-0.05, 0) is 51.8 Å². The fraction of sp³-hybridized carbons (Fsp3) is 0.133. The van der Waals surface area contributed by atoms with Gasteiger partial charge in [0, 0.05) is 16.0 Å². The first-order chi connectivity index (χ1) is 9.63. The largest absolute Gasteiger partial charge is 0.495 e. The zero-order chi connectivity index (χ0) is 14.5. The lowest BCUT2D eigenvalue weighted by Gasteiger charge is -2.10. The van der Waals surface area contributed by atoms with E-state index in [9.17, 15) is 0 Å². The van der Waals surface area contributed by atoms with Crippen LogP contribution in [-0.4, -0.2) is 7.11 Å². The summed E-state index contributed by atoms with van der Waals surface area (Å²) in [6.45, 7) is 0.595. The summed E-state index contributed by atoms with van der Waals surface area (Å²) in [5, 5.41) is 13.0. The topological polar surface area (TPSA) is 45.0 Å². The summed E-state index contributed by atoms with van der Waals surface area (Å²) in [4.78, 5) is 0. The van der Waals surface area contributed by atoms with Gasteiger partial charge in [0.1, 0.15) is 11.8 Å². The van der Waals surface area contributed by atoms with E-state index >= 15 is 0 Å². The van der Waals surface area contributed by atoms with Gasteiger partial charge in [-0.15, -0.1) is 0 Å². The molecule has 2 aromatic carbocycles. The van der Waals surface area contributed by atoms with E-state index in [-0.39, 0.29) is 0 Å². The summed E-state index contributed by atoms with van der Waals surface area (Å²) in [6.07, 6.45) is 0. The summed E-state index contributed by atoms with van der Waals surface area (Å²) >= 11 is 9.43. The Morgan fingerprint density at radius 2 is 2.10 bits per heavy atom. The number of nitriles is 1. The molecule has 2 aromatic rings. The van der Waals surface area contributed by atoms with Gasteiger partial charge in [-0.1, -0.05) is 17.7 Å². The van der Waals surface area contributed by atoms with Crippen molar-refractivity contribution < 1.29 is 4.74 Å². The monoisotopic (exact) mass is 350 g/mol. The predicted molar refractivity (Wildman–Crippen MR) is 84.2 cm³/mol. The number of hydrogen-bond donors (Lipinski definition) is 1. The molecule has 0 aliphatic rings. The van der Waals surface area contributed by atoms with Crippen LogP contribution in [0.2, 0.25) is 5.02 Å². The molecule has 0 saturated heterocycles. The standard InChI is InChI=1S/C15H12BrClN2O/c1-20-15-5-2-10(6-11(15)8-18)9-19-14-7-12(17)3-4-13(14)16/h2-7,19H,9H2,1H3. The van der Waals surface area contributed by atoms with E-state index in [1.807, 2.05) is 30.3 Å². The third kappa shape index (κ3) is 3.44. The highest BCUT2D eigenvalue weighted by Crippen LogP contribution is 2.27. The maximum Gasteiger partial charge on any atom is 0.136 e. The van der Waals surface area contributed by atoms with E-state index in [0.29, 0.717) is 22.9 Å². The normalized spacial score (nSPS) is 9.90. The van der Waals surface area contributed by atoms with Gasteiger partial charge in [0.25, 0.3) is 0 Å². The van der Waals surface area contributed by atoms with Crippen LogP contribution in [0, 0.1) is 11.3 Å². The molecule has 20 heavy (non-hydrogen) atoms. The van der Waals surface area contributed by atoms with Crippen molar-refractivity contribution in [2.75, 3.05) is 12.4 Å². The molecule has 5 heteroatoms. The smallest absolute Gasteiger partial charge is 0.136 e. The number of methoxy groups -OCH3 is 1. The highest BCUT2D eigenvalue weighted by atomic mass is 79.9. The van der Waals surface area contributed by atoms with Crippen molar-refractivity contribution in [1.82, 2.24) is 0 Å². The predicted octanol–water partition coefficient (Wildman–Crippen LogP) is 4.59. The van der Waals surface area contributed by atoms with Crippen LogP contribution < -0.4 is 10.1 Å². The van der Waals surface area contributed by atoms with Crippen LogP contribution >= 0.6 is 27.5 Å². The van der Waals surface area contributed by atoms with Crippen molar-refractivity contribution in [1.29, 1.82) is 5.26 Å². The second-order valence-corrected chi connectivity index (χ2v) is 5.41. The summed E-state index contributed by atoms with van der Waals surface area (Å²) in [7, 11) is 1.55. The summed E-state index contributed by atoms with van der Waals surface area (Å²) in [5.74, 6) is 0.584. The zero-order valence-electron chi connectivity index (χ0n) is 10.8. The number of rotatable bonds is 4. The van der Waals surface area contributed by atoms with Crippen LogP contribution in [0.15, 0.2) is 40.9 Å². The lowest BCUT2D eigenvalue weighted by molar-refractivity contribution is 0.413. The summed E-state index contributed by atoms with van der Waals surface area (Å²) in [6, 6.07) is 13.2. The molecular weight excluding hydrogens is 340 g/mol. The van der Waals surface area contributed by atoms with Crippen molar-refractivity contribution in [2.24, 2.45) is 0 Å². The quantitative estimate of drug-likeness (QED) is 0.876. The molecule has 0 unspecified atom stereocenters. The Kier molecular flexibility index (Phi) is 4.89. The van der Waals surface area contributed by atoms with Crippen LogP contribution in [0.4, 0.5) is 5.69 Å². The van der Waals surface area contributed by atoms with Gasteiger partial charge in [0.2, 0.25) is 0 Å². The van der Waals surface area contributed by atoms with E-state index in [1.54, 1.807) is 13.2 Å². The third-order valence-electron chi connectivity index (χ3n) is 2.80. The number of benzene rings is 2. The molecule has 0 saturated carbocycles. The third-order valence-corrected chi connectivity index (χ3v) is 3.72. The van der Waals surface area contributed by atoms with E-state index in [2.05, 4.69) is 27.3 Å². The minimum atomic E-state index is 0.525. The van der Waals surface area contributed by atoms with E-state index in [0.717, 1.165) is 15.7 Å². The van der Waals surface area contributed by atoms with Gasteiger partial charge in [-0.3, -0.25) is 0 Å². The molecule has 0 aromatic heterocycles. The summed E-state index contributed by atoms with van der Waals surface area (Å²) in [5.41, 5.74) is 2.43. The first-order valence-electron chi connectivity index (χ1n) is 5.90. The van der Waals surface area contributed by atoms with Crippen molar-refractivity contribution in [3.63, 3.8) is 0 Å². The molecule has 1 N–H and O–H groups in total. The van der Waals surface area contributed by atoms with E-state index in [1.165, 1.54) is 0 Å². The Morgan fingerprint density at radius 1 is 1.30 bits per heavy atom. The zero-order valence-corrected chi connectivity index (χ0v) is 13.1. The van der Waals surface area contributed by atoms with E-state index in [4.69, 9.17) is 21.6 Å². The fourth-order valence-electron chi connectivity index (χ4n) is 1.78. The average molecular weight is 352 g/mol. The van der Waals surface area contributed by atoms with Crippen molar-refractivity contribution in [3.8, 4) is 11.8 Å². The number of nitrogens with one attached hydrogen (secondary N) is 1. The minimum Gasteiger partial charge on any atom is -0.495 e. The van der Waals surface area contributed by atoms with Crippen molar-refractivity contribution >= 4 is 33.2 Å². The molecule has 0 heterocycles. The van der Waals surface area contributed by atoms with Gasteiger partial charge in [0.05, 0.1) is 18.4 Å². The molecule has 0 bridgehead atoms. The molecule has 0 amide bonds. The second kappa shape index (κ2) is 6.65. The van der Waals surface area contributed by atoms with Gasteiger partial charge in [0.15, 0.2) is 0 Å². The molecule has 0 atom stereocenters. The van der Waals surface area contributed by atoms with Gasteiger partial charge in [-0.2, -0.15) is 5.26 Å². The molecule has 3 nitrogen and oxygen atoms in total. The molecule has 2 rings (SSSR count). The minimum absolute atomic E-state index is 0.525. The maximum atomic E-state index is 9.06. The van der Waals surface area contributed by atoms with Gasteiger partial charge >= 0.3 is 0 Å². The van der Waals surface area contributed by atoms with E-state index < -0.39 is 0 Å². The Bertz CT molecular complexity index is 667. The number of nitrogens with zero attached hydrogens (tertiary/aromatic N) is 1. The molecule has 0 aliphatic carbocycles. The number of hydrogen-bond acceptors (Lipinski definition) is 3. The first kappa shape index (κ1) is 14.7. The Morgan fingerprint density at radius 3 is 2.80 bits per heavy atom. The maximum absolute atomic E-state index is 9.06. The van der Waals surface area contributed by atoms with Crippen LogP contribution in [0.1, 0.15) is 11.1 Å².